The zero-order chi connectivity index (χ0) is 18.6. The van der Waals surface area contributed by atoms with Crippen molar-refractivity contribution in [2.45, 2.75) is 13.1 Å². The Bertz CT molecular complexity index is 540. The van der Waals surface area contributed by atoms with Crippen LogP contribution in [0.2, 0.25) is 0 Å². The number of aromatic amines is 2. The van der Waals surface area contributed by atoms with Crippen LogP contribution < -0.4 is 0 Å². The summed E-state index contributed by atoms with van der Waals surface area (Å²) < 4.78 is 17.3. The molecule has 0 atom stereocenters. The van der Waals surface area contributed by atoms with Gasteiger partial charge in [0.15, 0.2) is 0 Å². The molecule has 0 unspecified atom stereocenters. The van der Waals surface area contributed by atoms with Crippen molar-refractivity contribution in [3.63, 3.8) is 0 Å². The lowest BCUT2D eigenvalue weighted by atomic mass is 10.4. The third-order valence-corrected chi connectivity index (χ3v) is 4.44. The van der Waals surface area contributed by atoms with Gasteiger partial charge in [-0.15, -0.1) is 0 Å². The molecule has 0 aromatic carbocycles. The smallest absolute Gasteiger partial charge is 0.120 e. The van der Waals surface area contributed by atoms with Crippen molar-refractivity contribution in [3.8, 4) is 0 Å². The second-order valence-corrected chi connectivity index (χ2v) is 6.46. The Morgan fingerprint density at radius 1 is 0.667 bits per heavy atom. The van der Waals surface area contributed by atoms with Crippen LogP contribution in [0.25, 0.3) is 0 Å². The number of H-pyrrole nitrogens is 2. The van der Waals surface area contributed by atoms with Crippen LogP contribution in [0.5, 0.6) is 0 Å². The first-order valence-corrected chi connectivity index (χ1v) is 9.54. The summed E-state index contributed by atoms with van der Waals surface area (Å²) in [5, 5.41) is 0. The molecule has 1 saturated heterocycles. The standard InChI is InChI=1S/C18H30N6O3/c1-2-20-17(19-1)15-23-5-9-25-10-6-24(16-18-21-3-4-22-18)8-12-27-14-13-26-11-7-23/h1-4H,5-16H2,(H,19,20)(H,21,22). The van der Waals surface area contributed by atoms with Gasteiger partial charge in [0.05, 0.1) is 52.7 Å². The highest BCUT2D eigenvalue weighted by Crippen LogP contribution is 2.01. The van der Waals surface area contributed by atoms with Crippen LogP contribution in [-0.2, 0) is 27.3 Å². The van der Waals surface area contributed by atoms with Crippen LogP contribution in [0.4, 0.5) is 0 Å². The van der Waals surface area contributed by atoms with E-state index < -0.39 is 0 Å². The van der Waals surface area contributed by atoms with Crippen LogP contribution in [0.1, 0.15) is 11.6 Å². The van der Waals surface area contributed by atoms with Gasteiger partial charge in [0.25, 0.3) is 0 Å². The van der Waals surface area contributed by atoms with Gasteiger partial charge < -0.3 is 24.2 Å². The average Bonchev–Trinajstić information content (AvgIpc) is 3.36. The van der Waals surface area contributed by atoms with E-state index >= 15 is 0 Å². The van der Waals surface area contributed by atoms with Crippen molar-refractivity contribution in [1.82, 2.24) is 29.7 Å². The molecule has 0 spiro atoms. The summed E-state index contributed by atoms with van der Waals surface area (Å²) in [6, 6.07) is 0. The Morgan fingerprint density at radius 2 is 1.07 bits per heavy atom. The topological polar surface area (TPSA) is 91.5 Å². The fraction of sp³-hybridized carbons (Fsp3) is 0.667. The number of ether oxygens (including phenoxy) is 3. The highest BCUT2D eigenvalue weighted by Gasteiger charge is 2.11. The van der Waals surface area contributed by atoms with Gasteiger partial charge in [-0.3, -0.25) is 9.80 Å². The summed E-state index contributed by atoms with van der Waals surface area (Å²) in [4.78, 5) is 19.5. The predicted molar refractivity (Wildman–Crippen MR) is 100 cm³/mol. The van der Waals surface area contributed by atoms with Crippen LogP contribution in [0, 0.1) is 0 Å². The van der Waals surface area contributed by atoms with Gasteiger partial charge in [-0.05, 0) is 0 Å². The van der Waals surface area contributed by atoms with E-state index in [1.165, 1.54) is 0 Å². The summed E-state index contributed by atoms with van der Waals surface area (Å²) in [6.45, 7) is 8.86. The normalized spacial score (nSPS) is 20.1. The minimum absolute atomic E-state index is 0.614. The third-order valence-electron chi connectivity index (χ3n) is 4.44. The first-order valence-electron chi connectivity index (χ1n) is 9.54. The number of nitrogens with one attached hydrogen (secondary N) is 2. The molecule has 0 saturated carbocycles. The molecule has 3 heterocycles. The van der Waals surface area contributed by atoms with Gasteiger partial charge in [-0.1, -0.05) is 0 Å². The number of hydrogen-bond donors (Lipinski definition) is 2. The second kappa shape index (κ2) is 11.8. The first-order chi connectivity index (χ1) is 13.4. The molecular formula is C18H30N6O3. The van der Waals surface area contributed by atoms with E-state index in [9.17, 15) is 0 Å². The highest BCUT2D eigenvalue weighted by molar-refractivity contribution is 4.87. The van der Waals surface area contributed by atoms with Gasteiger partial charge in [0.2, 0.25) is 0 Å². The maximum atomic E-state index is 5.88. The number of aromatic nitrogens is 4. The van der Waals surface area contributed by atoms with E-state index in [2.05, 4.69) is 29.7 Å². The van der Waals surface area contributed by atoms with E-state index in [1.54, 1.807) is 12.4 Å². The fourth-order valence-corrected chi connectivity index (χ4v) is 2.93. The molecule has 0 amide bonds. The number of nitrogens with zero attached hydrogens (tertiary/aromatic N) is 4. The maximum absolute atomic E-state index is 5.88. The summed E-state index contributed by atoms with van der Waals surface area (Å²) in [6.07, 6.45) is 7.25. The average molecular weight is 378 g/mol. The largest absolute Gasteiger partial charge is 0.379 e. The fourth-order valence-electron chi connectivity index (χ4n) is 2.93. The molecule has 27 heavy (non-hydrogen) atoms. The molecule has 1 aliphatic heterocycles. The van der Waals surface area contributed by atoms with Crippen LogP contribution in [-0.4, -0.2) is 95.6 Å². The SMILES string of the molecule is c1c[nH]c(CN2CCOCCOCCN(Cc3ncc[nH]3)CCOCC2)n1. The zero-order valence-corrected chi connectivity index (χ0v) is 15.8. The highest BCUT2D eigenvalue weighted by atomic mass is 16.5. The van der Waals surface area contributed by atoms with Gasteiger partial charge in [-0.25, -0.2) is 9.97 Å². The van der Waals surface area contributed by atoms with Crippen LogP contribution in [0.15, 0.2) is 24.8 Å². The van der Waals surface area contributed by atoms with Gasteiger partial charge in [0, 0.05) is 51.0 Å². The Morgan fingerprint density at radius 3 is 1.44 bits per heavy atom. The molecule has 9 nitrogen and oxygen atoms in total. The minimum Gasteiger partial charge on any atom is -0.379 e. The molecule has 0 radical (unpaired) electrons. The molecule has 0 bridgehead atoms. The van der Waals surface area contributed by atoms with Crippen molar-refractivity contribution in [1.29, 1.82) is 0 Å². The summed E-state index contributed by atoms with van der Waals surface area (Å²) in [7, 11) is 0. The van der Waals surface area contributed by atoms with Crippen molar-refractivity contribution in [2.24, 2.45) is 0 Å². The summed E-state index contributed by atoms with van der Waals surface area (Å²) in [5.41, 5.74) is 0. The quantitative estimate of drug-likeness (QED) is 0.800. The third kappa shape index (κ3) is 7.77. The van der Waals surface area contributed by atoms with Crippen molar-refractivity contribution in [3.05, 3.63) is 36.4 Å². The summed E-state index contributed by atoms with van der Waals surface area (Å²) >= 11 is 0. The molecule has 150 valence electrons. The van der Waals surface area contributed by atoms with Gasteiger partial charge in [-0.2, -0.15) is 0 Å². The van der Waals surface area contributed by atoms with Gasteiger partial charge >= 0.3 is 0 Å². The van der Waals surface area contributed by atoms with Gasteiger partial charge in [0.1, 0.15) is 11.6 Å². The van der Waals surface area contributed by atoms with E-state index in [0.717, 1.165) is 50.9 Å². The molecule has 2 aromatic heterocycles. The lowest BCUT2D eigenvalue weighted by Crippen LogP contribution is -2.33. The molecule has 3 rings (SSSR count). The zero-order valence-electron chi connectivity index (χ0n) is 15.8. The Balaban J connectivity index is 1.47. The monoisotopic (exact) mass is 378 g/mol. The van der Waals surface area contributed by atoms with Crippen molar-refractivity contribution in [2.75, 3.05) is 65.8 Å². The number of rotatable bonds is 4. The first kappa shape index (κ1) is 20.0. The second-order valence-electron chi connectivity index (χ2n) is 6.46. The van der Waals surface area contributed by atoms with E-state index in [1.807, 2.05) is 12.4 Å². The predicted octanol–water partition coefficient (Wildman–Crippen LogP) is 0.500. The van der Waals surface area contributed by atoms with E-state index in [0.29, 0.717) is 39.6 Å². The molecule has 2 aromatic rings. The Hall–Kier alpha value is -1.78. The molecular weight excluding hydrogens is 348 g/mol. The summed E-state index contributed by atoms with van der Waals surface area (Å²) in [5.74, 6) is 1.92. The number of hydrogen-bond acceptors (Lipinski definition) is 7. The number of imidazole rings is 2. The lowest BCUT2D eigenvalue weighted by Gasteiger charge is -2.22. The molecule has 2 N–H and O–H groups in total. The Labute approximate surface area is 160 Å². The molecule has 9 heteroatoms. The Kier molecular flexibility index (Phi) is 8.75. The van der Waals surface area contributed by atoms with Crippen molar-refractivity contribution >= 4 is 0 Å². The van der Waals surface area contributed by atoms with E-state index in [4.69, 9.17) is 14.2 Å². The molecule has 1 aliphatic rings. The van der Waals surface area contributed by atoms with Crippen molar-refractivity contribution < 1.29 is 14.2 Å². The minimum atomic E-state index is 0.614. The van der Waals surface area contributed by atoms with Crippen LogP contribution in [0.3, 0.4) is 0 Å². The maximum Gasteiger partial charge on any atom is 0.120 e. The molecule has 1 fully saturated rings. The van der Waals surface area contributed by atoms with E-state index in [-0.39, 0.29) is 0 Å². The lowest BCUT2D eigenvalue weighted by molar-refractivity contribution is 0.0307. The van der Waals surface area contributed by atoms with Crippen LogP contribution >= 0.6 is 0 Å². The molecule has 0 aliphatic carbocycles.